The van der Waals surface area contributed by atoms with Crippen LogP contribution in [0.3, 0.4) is 0 Å². The van der Waals surface area contributed by atoms with Gasteiger partial charge in [-0.05, 0) is 37.8 Å². The number of nitrogens with zero attached hydrogens (tertiary/aromatic N) is 1. The van der Waals surface area contributed by atoms with Crippen molar-refractivity contribution in [3.05, 3.63) is 30.3 Å². The molecule has 0 heterocycles. The molecule has 1 aromatic rings. The maximum absolute atomic E-state index is 3.92. The van der Waals surface area contributed by atoms with Gasteiger partial charge in [0.05, 0.1) is 5.69 Å². The molecular formula is C10H12N2S. The number of aliphatic imine (C=N–C) groups is 1. The molecular weight excluding hydrogens is 180 g/mol. The summed E-state index contributed by atoms with van der Waals surface area (Å²) in [4.78, 5) is 5.04. The van der Waals surface area contributed by atoms with Crippen LogP contribution in [0, 0.1) is 0 Å². The molecule has 3 heteroatoms. The molecule has 1 N–H and O–H groups in total. The molecule has 0 atom stereocenters. The maximum atomic E-state index is 3.92. The first-order chi connectivity index (χ1) is 6.33. The van der Waals surface area contributed by atoms with Crippen LogP contribution < -0.4 is 4.72 Å². The molecule has 0 amide bonds. The second kappa shape index (κ2) is 4.84. The summed E-state index contributed by atoms with van der Waals surface area (Å²) in [5.41, 5.74) is 1.90. The topological polar surface area (TPSA) is 24.4 Å². The molecule has 0 fully saturated rings. The van der Waals surface area contributed by atoms with Gasteiger partial charge in [-0.25, -0.2) is 0 Å². The van der Waals surface area contributed by atoms with E-state index in [2.05, 4.69) is 23.0 Å². The summed E-state index contributed by atoms with van der Waals surface area (Å²) in [5, 5.41) is 0. The van der Waals surface area contributed by atoms with Crippen molar-refractivity contribution in [1.82, 2.24) is 4.72 Å². The van der Waals surface area contributed by atoms with E-state index < -0.39 is 0 Å². The van der Waals surface area contributed by atoms with Gasteiger partial charge in [-0.1, -0.05) is 18.7 Å². The van der Waals surface area contributed by atoms with E-state index in [-0.39, 0.29) is 0 Å². The quantitative estimate of drug-likeness (QED) is 0.586. The zero-order chi connectivity index (χ0) is 9.68. The highest BCUT2D eigenvalue weighted by atomic mass is 32.2. The van der Waals surface area contributed by atoms with Crippen molar-refractivity contribution in [2.75, 3.05) is 7.05 Å². The van der Waals surface area contributed by atoms with Crippen LogP contribution >= 0.6 is 11.9 Å². The van der Waals surface area contributed by atoms with Gasteiger partial charge in [-0.15, -0.1) is 0 Å². The monoisotopic (exact) mass is 192 g/mol. The van der Waals surface area contributed by atoms with E-state index in [1.54, 1.807) is 18.0 Å². The highest BCUT2D eigenvalue weighted by Crippen LogP contribution is 2.29. The summed E-state index contributed by atoms with van der Waals surface area (Å²) in [6.45, 7) is 7.27. The molecule has 0 saturated carbocycles. The molecule has 2 nitrogen and oxygen atoms in total. The van der Waals surface area contributed by atoms with Crippen LogP contribution in [0.1, 0.15) is 5.56 Å². The van der Waals surface area contributed by atoms with Crippen molar-refractivity contribution in [3.63, 3.8) is 0 Å². The lowest BCUT2D eigenvalue weighted by atomic mass is 10.2. The number of nitrogens with one attached hydrogen (secondary N) is 1. The molecule has 0 radical (unpaired) electrons. The van der Waals surface area contributed by atoms with Crippen molar-refractivity contribution >= 4 is 30.4 Å². The van der Waals surface area contributed by atoms with Crippen LogP contribution in [-0.2, 0) is 0 Å². The third-order valence-corrected chi connectivity index (χ3v) is 2.41. The molecule has 0 aliphatic heterocycles. The van der Waals surface area contributed by atoms with Crippen molar-refractivity contribution < 1.29 is 0 Å². The Morgan fingerprint density at radius 3 is 2.85 bits per heavy atom. The minimum absolute atomic E-state index is 0.871. The molecule has 0 unspecified atom stereocenters. The maximum Gasteiger partial charge on any atom is 0.0706 e. The summed E-state index contributed by atoms with van der Waals surface area (Å²) >= 11 is 1.55. The zero-order valence-electron chi connectivity index (χ0n) is 7.58. The molecule has 0 spiro atoms. The number of benzene rings is 1. The summed E-state index contributed by atoms with van der Waals surface area (Å²) in [6.07, 6.45) is 1.80. The van der Waals surface area contributed by atoms with Gasteiger partial charge in [0, 0.05) is 10.5 Å². The fourth-order valence-corrected chi connectivity index (χ4v) is 1.74. The Morgan fingerprint density at radius 1 is 1.54 bits per heavy atom. The molecule has 68 valence electrons. The summed E-state index contributed by atoms with van der Waals surface area (Å²) in [7, 11) is 1.88. The van der Waals surface area contributed by atoms with Crippen LogP contribution in [0.2, 0.25) is 0 Å². The van der Waals surface area contributed by atoms with Crippen molar-refractivity contribution in [2.24, 2.45) is 4.99 Å². The molecule has 0 aliphatic rings. The first kappa shape index (κ1) is 10.0. The van der Waals surface area contributed by atoms with E-state index in [1.807, 2.05) is 25.2 Å². The Hall–Kier alpha value is -1.06. The Labute approximate surface area is 82.9 Å². The molecule has 13 heavy (non-hydrogen) atoms. The molecule has 0 aliphatic carbocycles. The average molecular weight is 192 g/mol. The van der Waals surface area contributed by atoms with Gasteiger partial charge in [0.2, 0.25) is 0 Å². The van der Waals surface area contributed by atoms with Crippen LogP contribution in [0.25, 0.3) is 6.08 Å². The van der Waals surface area contributed by atoms with Gasteiger partial charge in [0.1, 0.15) is 0 Å². The second-order valence-corrected chi connectivity index (χ2v) is 3.41. The number of hydrogen-bond acceptors (Lipinski definition) is 3. The fourth-order valence-electron chi connectivity index (χ4n) is 1.07. The van der Waals surface area contributed by atoms with Crippen molar-refractivity contribution in [2.45, 2.75) is 4.90 Å². The summed E-state index contributed by atoms with van der Waals surface area (Å²) < 4.78 is 3.02. The Bertz CT molecular complexity index is 321. The van der Waals surface area contributed by atoms with Gasteiger partial charge in [0.25, 0.3) is 0 Å². The molecule has 1 aromatic carbocycles. The lowest BCUT2D eigenvalue weighted by molar-refractivity contribution is 1.27. The van der Waals surface area contributed by atoms with Gasteiger partial charge in [-0.2, -0.15) is 0 Å². The Morgan fingerprint density at radius 2 is 2.31 bits per heavy atom. The smallest absolute Gasteiger partial charge is 0.0706 e. The molecule has 1 rings (SSSR count). The van der Waals surface area contributed by atoms with Crippen LogP contribution in [0.15, 0.2) is 34.7 Å². The number of hydrogen-bond donors (Lipinski definition) is 1. The standard InChI is InChI=1S/C10H12N2S/c1-4-8-9(11-2)6-5-7-10(8)13-12-3/h4-7,12H,1-2H2,3H3. The molecule has 0 saturated heterocycles. The lowest BCUT2D eigenvalue weighted by Crippen LogP contribution is -1.92. The first-order valence-corrected chi connectivity index (χ1v) is 4.71. The van der Waals surface area contributed by atoms with E-state index in [0.29, 0.717) is 0 Å². The largest absolute Gasteiger partial charge is 0.264 e. The summed E-state index contributed by atoms with van der Waals surface area (Å²) in [5.74, 6) is 0. The normalized spacial score (nSPS) is 9.62. The molecule has 0 bridgehead atoms. The van der Waals surface area contributed by atoms with Gasteiger partial charge in [0.15, 0.2) is 0 Å². The van der Waals surface area contributed by atoms with E-state index in [9.17, 15) is 0 Å². The summed E-state index contributed by atoms with van der Waals surface area (Å²) in [6, 6.07) is 5.90. The molecule has 0 aromatic heterocycles. The number of rotatable bonds is 4. The van der Waals surface area contributed by atoms with Gasteiger partial charge in [-0.3, -0.25) is 9.71 Å². The van der Waals surface area contributed by atoms with Crippen LogP contribution in [0.4, 0.5) is 5.69 Å². The SMILES string of the molecule is C=Cc1c(N=C)cccc1SNC. The Kier molecular flexibility index (Phi) is 3.73. The lowest BCUT2D eigenvalue weighted by Gasteiger charge is -2.06. The average Bonchev–Trinajstić information content (AvgIpc) is 2.18. The first-order valence-electron chi connectivity index (χ1n) is 3.89. The predicted octanol–water partition coefficient (Wildman–Crippen LogP) is 2.89. The predicted molar refractivity (Wildman–Crippen MR) is 60.7 cm³/mol. The minimum Gasteiger partial charge on any atom is -0.264 e. The third-order valence-electron chi connectivity index (χ3n) is 1.63. The van der Waals surface area contributed by atoms with E-state index in [4.69, 9.17) is 0 Å². The van der Waals surface area contributed by atoms with Crippen LogP contribution in [0.5, 0.6) is 0 Å². The van der Waals surface area contributed by atoms with Crippen molar-refractivity contribution in [1.29, 1.82) is 0 Å². The van der Waals surface area contributed by atoms with E-state index in [0.717, 1.165) is 16.1 Å². The highest BCUT2D eigenvalue weighted by molar-refractivity contribution is 7.97. The second-order valence-electron chi connectivity index (χ2n) is 2.36. The zero-order valence-corrected chi connectivity index (χ0v) is 8.40. The highest BCUT2D eigenvalue weighted by Gasteiger charge is 2.02. The van der Waals surface area contributed by atoms with Gasteiger partial charge < -0.3 is 0 Å². The van der Waals surface area contributed by atoms with E-state index >= 15 is 0 Å². The third kappa shape index (κ3) is 2.20. The fraction of sp³-hybridized carbons (Fsp3) is 0.100. The van der Waals surface area contributed by atoms with Crippen molar-refractivity contribution in [3.8, 4) is 0 Å². The van der Waals surface area contributed by atoms with Gasteiger partial charge >= 0.3 is 0 Å². The van der Waals surface area contributed by atoms with E-state index in [1.165, 1.54) is 0 Å². The minimum atomic E-state index is 0.871. The Balaban J connectivity index is 3.18. The van der Waals surface area contributed by atoms with Crippen LogP contribution in [-0.4, -0.2) is 13.8 Å².